The molecule has 3 rings (SSSR count). The van der Waals surface area contributed by atoms with E-state index in [1.807, 2.05) is 24.3 Å². The quantitative estimate of drug-likeness (QED) is 0.897. The number of methoxy groups -OCH3 is 2. The van der Waals surface area contributed by atoms with Crippen LogP contribution in [0.15, 0.2) is 42.5 Å². The molecule has 120 valence electrons. The van der Waals surface area contributed by atoms with E-state index in [-0.39, 0.29) is 17.7 Å². The molecule has 23 heavy (non-hydrogen) atoms. The molecule has 0 radical (unpaired) electrons. The van der Waals surface area contributed by atoms with Crippen molar-refractivity contribution in [2.24, 2.45) is 5.92 Å². The summed E-state index contributed by atoms with van der Waals surface area (Å²) in [5, 5.41) is 3.64. The maximum atomic E-state index is 12.5. The lowest BCUT2D eigenvalue weighted by atomic mass is 10.1. The first kappa shape index (κ1) is 15.7. The molecule has 2 aromatic carbocycles. The Balaban J connectivity index is 1.73. The number of carbonyl (C=O) groups excluding carboxylic acids is 1. The summed E-state index contributed by atoms with van der Waals surface area (Å²) in [6.45, 7) is 0. The lowest BCUT2D eigenvalue weighted by molar-refractivity contribution is -0.117. The van der Waals surface area contributed by atoms with Gasteiger partial charge in [-0.25, -0.2) is 0 Å². The first-order valence-electron chi connectivity index (χ1n) is 7.41. The zero-order chi connectivity index (χ0) is 16.4. The van der Waals surface area contributed by atoms with E-state index < -0.39 is 0 Å². The second-order valence-corrected chi connectivity index (χ2v) is 5.93. The van der Waals surface area contributed by atoms with Crippen molar-refractivity contribution in [1.82, 2.24) is 0 Å². The number of benzene rings is 2. The lowest BCUT2D eigenvalue weighted by Crippen LogP contribution is -2.15. The van der Waals surface area contributed by atoms with Crippen molar-refractivity contribution in [3.8, 4) is 11.5 Å². The van der Waals surface area contributed by atoms with Crippen LogP contribution in [-0.2, 0) is 4.79 Å². The number of halogens is 1. The molecule has 2 atom stereocenters. The van der Waals surface area contributed by atoms with Gasteiger partial charge in [0.2, 0.25) is 5.91 Å². The van der Waals surface area contributed by atoms with Gasteiger partial charge in [0.25, 0.3) is 0 Å². The fraction of sp³-hybridized carbons (Fsp3) is 0.278. The van der Waals surface area contributed by atoms with Gasteiger partial charge in [0.1, 0.15) is 11.5 Å². The van der Waals surface area contributed by atoms with Crippen molar-refractivity contribution in [3.63, 3.8) is 0 Å². The lowest BCUT2D eigenvalue weighted by Gasteiger charge is -2.12. The van der Waals surface area contributed by atoms with Crippen LogP contribution in [0.2, 0.25) is 5.02 Å². The number of nitrogens with one attached hydrogen (secondary N) is 1. The Morgan fingerprint density at radius 2 is 1.96 bits per heavy atom. The summed E-state index contributed by atoms with van der Waals surface area (Å²) >= 11 is 6.21. The van der Waals surface area contributed by atoms with Gasteiger partial charge in [-0.1, -0.05) is 29.8 Å². The predicted molar refractivity (Wildman–Crippen MR) is 90.5 cm³/mol. The van der Waals surface area contributed by atoms with Crippen molar-refractivity contribution in [2.75, 3.05) is 19.5 Å². The average Bonchev–Trinajstić information content (AvgIpc) is 3.35. The van der Waals surface area contributed by atoms with Crippen LogP contribution in [0.3, 0.4) is 0 Å². The normalized spacial score (nSPS) is 19.1. The van der Waals surface area contributed by atoms with Gasteiger partial charge in [-0.2, -0.15) is 0 Å². The number of carbonyl (C=O) groups is 1. The van der Waals surface area contributed by atoms with Crippen molar-refractivity contribution in [3.05, 3.63) is 53.1 Å². The molecule has 0 saturated heterocycles. The van der Waals surface area contributed by atoms with Crippen LogP contribution in [0.5, 0.6) is 11.5 Å². The van der Waals surface area contributed by atoms with Crippen molar-refractivity contribution in [2.45, 2.75) is 12.3 Å². The van der Waals surface area contributed by atoms with Gasteiger partial charge in [0, 0.05) is 17.0 Å². The van der Waals surface area contributed by atoms with Crippen LogP contribution in [0, 0.1) is 5.92 Å². The minimum absolute atomic E-state index is 0.0264. The minimum Gasteiger partial charge on any atom is -0.497 e. The summed E-state index contributed by atoms with van der Waals surface area (Å²) in [6.07, 6.45) is 0.807. The van der Waals surface area contributed by atoms with Crippen LogP contribution in [0.4, 0.5) is 5.69 Å². The minimum atomic E-state index is -0.0641. The standard InChI is InChI=1S/C18H18ClNO3/c1-22-11-7-8-17(23-2)16(9-11)20-18(21)14-10-13(14)12-5-3-4-6-15(12)19/h3-9,13-14H,10H2,1-2H3,(H,20,21). The number of hydrogen-bond donors (Lipinski definition) is 1. The molecule has 1 aliphatic carbocycles. The second kappa shape index (κ2) is 6.50. The van der Waals surface area contributed by atoms with E-state index in [0.717, 1.165) is 12.0 Å². The van der Waals surface area contributed by atoms with Crippen molar-refractivity contribution in [1.29, 1.82) is 0 Å². The van der Waals surface area contributed by atoms with E-state index in [9.17, 15) is 4.79 Å². The highest BCUT2D eigenvalue weighted by molar-refractivity contribution is 6.31. The molecule has 0 spiro atoms. The Kier molecular flexibility index (Phi) is 4.44. The summed E-state index contributed by atoms with van der Waals surface area (Å²) < 4.78 is 10.5. The van der Waals surface area contributed by atoms with Gasteiger partial charge in [0.05, 0.1) is 19.9 Å². The highest BCUT2D eigenvalue weighted by Gasteiger charge is 2.44. The van der Waals surface area contributed by atoms with Crippen LogP contribution >= 0.6 is 11.6 Å². The summed E-state index contributed by atoms with van der Waals surface area (Å²) in [4.78, 5) is 12.5. The predicted octanol–water partition coefficient (Wildman–Crippen LogP) is 4.10. The second-order valence-electron chi connectivity index (χ2n) is 5.53. The third kappa shape index (κ3) is 3.27. The van der Waals surface area contributed by atoms with E-state index >= 15 is 0 Å². The topological polar surface area (TPSA) is 47.6 Å². The molecule has 1 saturated carbocycles. The molecule has 2 aromatic rings. The number of hydrogen-bond acceptors (Lipinski definition) is 3. The molecule has 1 N–H and O–H groups in total. The zero-order valence-electron chi connectivity index (χ0n) is 13.0. The molecule has 1 fully saturated rings. The van der Waals surface area contributed by atoms with E-state index in [2.05, 4.69) is 5.32 Å². The molecule has 5 heteroatoms. The monoisotopic (exact) mass is 331 g/mol. The highest BCUT2D eigenvalue weighted by Crippen LogP contribution is 2.50. The Morgan fingerprint density at radius 1 is 1.17 bits per heavy atom. The molecule has 0 aliphatic heterocycles. The molecule has 1 aliphatic rings. The Labute approximate surface area is 140 Å². The fourth-order valence-corrected chi connectivity index (χ4v) is 3.02. The Hall–Kier alpha value is -2.20. The van der Waals surface area contributed by atoms with Gasteiger partial charge in [-0.05, 0) is 36.1 Å². The number of anilines is 1. The van der Waals surface area contributed by atoms with Gasteiger partial charge in [-0.3, -0.25) is 4.79 Å². The first-order chi connectivity index (χ1) is 11.1. The molecule has 1 amide bonds. The Bertz CT molecular complexity index is 732. The van der Waals surface area contributed by atoms with Crippen LogP contribution in [0.25, 0.3) is 0 Å². The molecule has 0 bridgehead atoms. The maximum absolute atomic E-state index is 12.5. The van der Waals surface area contributed by atoms with Crippen LogP contribution in [0.1, 0.15) is 17.9 Å². The van der Waals surface area contributed by atoms with E-state index in [1.54, 1.807) is 32.4 Å². The zero-order valence-corrected chi connectivity index (χ0v) is 13.8. The van der Waals surface area contributed by atoms with Crippen LogP contribution in [-0.4, -0.2) is 20.1 Å². The van der Waals surface area contributed by atoms with Gasteiger partial charge >= 0.3 is 0 Å². The number of amides is 1. The summed E-state index contributed by atoms with van der Waals surface area (Å²) in [7, 11) is 3.16. The van der Waals surface area contributed by atoms with Gasteiger partial charge in [-0.15, -0.1) is 0 Å². The summed E-state index contributed by atoms with van der Waals surface area (Å²) in [5.41, 5.74) is 1.65. The smallest absolute Gasteiger partial charge is 0.228 e. The maximum Gasteiger partial charge on any atom is 0.228 e. The molecule has 0 aromatic heterocycles. The highest BCUT2D eigenvalue weighted by atomic mass is 35.5. The molecule has 4 nitrogen and oxygen atoms in total. The molecule has 2 unspecified atom stereocenters. The van der Waals surface area contributed by atoms with Crippen LogP contribution < -0.4 is 14.8 Å². The largest absolute Gasteiger partial charge is 0.497 e. The SMILES string of the molecule is COc1ccc(OC)c(NC(=O)C2CC2c2ccccc2Cl)c1. The first-order valence-corrected chi connectivity index (χ1v) is 7.79. The van der Waals surface area contributed by atoms with E-state index in [0.29, 0.717) is 22.2 Å². The van der Waals surface area contributed by atoms with Crippen molar-refractivity contribution >= 4 is 23.2 Å². The molecule has 0 heterocycles. The van der Waals surface area contributed by atoms with Gasteiger partial charge in [0.15, 0.2) is 0 Å². The summed E-state index contributed by atoms with van der Waals surface area (Å²) in [5.74, 6) is 1.36. The van der Waals surface area contributed by atoms with Gasteiger partial charge < -0.3 is 14.8 Å². The Morgan fingerprint density at radius 3 is 2.65 bits per heavy atom. The number of rotatable bonds is 5. The van der Waals surface area contributed by atoms with Crippen molar-refractivity contribution < 1.29 is 14.3 Å². The summed E-state index contributed by atoms with van der Waals surface area (Å²) in [6, 6.07) is 13.0. The fourth-order valence-electron chi connectivity index (χ4n) is 2.74. The number of ether oxygens (including phenoxy) is 2. The third-order valence-corrected chi connectivity index (χ3v) is 4.44. The molecular formula is C18H18ClNO3. The van der Waals surface area contributed by atoms with E-state index in [4.69, 9.17) is 21.1 Å². The molecular weight excluding hydrogens is 314 g/mol. The third-order valence-electron chi connectivity index (χ3n) is 4.10. The average molecular weight is 332 g/mol. The van der Waals surface area contributed by atoms with E-state index in [1.165, 1.54) is 0 Å².